The van der Waals surface area contributed by atoms with E-state index in [-0.39, 0.29) is 11.5 Å². The predicted molar refractivity (Wildman–Crippen MR) is 92.4 cm³/mol. The normalized spacial score (nSPS) is 10.3. The highest BCUT2D eigenvalue weighted by atomic mass is 16.5. The third-order valence-electron chi connectivity index (χ3n) is 3.50. The van der Waals surface area contributed by atoms with Gasteiger partial charge in [-0.15, -0.1) is 0 Å². The van der Waals surface area contributed by atoms with Gasteiger partial charge in [0.1, 0.15) is 22.8 Å². The van der Waals surface area contributed by atoms with Gasteiger partial charge in [-0.1, -0.05) is 35.5 Å². The highest BCUT2D eigenvalue weighted by Crippen LogP contribution is 2.26. The second-order valence-corrected chi connectivity index (χ2v) is 5.42. The summed E-state index contributed by atoms with van der Waals surface area (Å²) in [6.45, 7) is 3.09. The maximum atomic E-state index is 12.6. The highest BCUT2D eigenvalue weighted by molar-refractivity contribution is 5.98. The molecule has 1 amide bonds. The van der Waals surface area contributed by atoms with E-state index >= 15 is 0 Å². The summed E-state index contributed by atoms with van der Waals surface area (Å²) in [6, 6.07) is 15.8. The summed E-state index contributed by atoms with van der Waals surface area (Å²) in [6.07, 6.45) is 0. The summed E-state index contributed by atoms with van der Waals surface area (Å²) in [7, 11) is 0. The first-order valence-corrected chi connectivity index (χ1v) is 7.66. The Balaban J connectivity index is 1.82. The van der Waals surface area contributed by atoms with E-state index in [9.17, 15) is 9.59 Å². The maximum Gasteiger partial charge on any atom is 0.349 e. The van der Waals surface area contributed by atoms with E-state index in [1.807, 2.05) is 30.3 Å². The highest BCUT2D eigenvalue weighted by Gasteiger charge is 2.23. The summed E-state index contributed by atoms with van der Waals surface area (Å²) in [5.41, 5.74) is 2.13. The molecule has 0 saturated heterocycles. The van der Waals surface area contributed by atoms with Gasteiger partial charge in [0.05, 0.1) is 0 Å². The molecule has 0 bridgehead atoms. The van der Waals surface area contributed by atoms with Crippen molar-refractivity contribution in [1.29, 1.82) is 0 Å². The lowest BCUT2D eigenvalue weighted by atomic mass is 10.1. The number of ether oxygens (including phenoxy) is 1. The monoisotopic (exact) mass is 336 g/mol. The van der Waals surface area contributed by atoms with Crippen LogP contribution in [0.3, 0.4) is 0 Å². The van der Waals surface area contributed by atoms with E-state index in [0.29, 0.717) is 22.9 Å². The summed E-state index contributed by atoms with van der Waals surface area (Å²) in [5.74, 6) is 0.0275. The molecule has 0 spiro atoms. The molecule has 0 aliphatic rings. The van der Waals surface area contributed by atoms with Crippen LogP contribution in [0.1, 0.15) is 23.0 Å². The number of aryl methyl sites for hydroxylation is 1. The fourth-order valence-electron chi connectivity index (χ4n) is 2.37. The van der Waals surface area contributed by atoms with E-state index in [2.05, 4.69) is 10.5 Å². The minimum Gasteiger partial charge on any atom is -0.423 e. The van der Waals surface area contributed by atoms with Crippen LogP contribution in [-0.2, 0) is 4.79 Å². The fourth-order valence-corrected chi connectivity index (χ4v) is 2.37. The molecule has 3 rings (SSSR count). The predicted octanol–water partition coefficient (Wildman–Crippen LogP) is 3.83. The molecule has 0 unspecified atom stereocenters. The van der Waals surface area contributed by atoms with Gasteiger partial charge >= 0.3 is 5.97 Å². The zero-order valence-corrected chi connectivity index (χ0v) is 13.8. The summed E-state index contributed by atoms with van der Waals surface area (Å²) in [5, 5.41) is 6.62. The average Bonchev–Trinajstić information content (AvgIpc) is 2.99. The third kappa shape index (κ3) is 3.74. The number of nitrogens with one attached hydrogen (secondary N) is 1. The van der Waals surface area contributed by atoms with Crippen molar-refractivity contribution in [2.45, 2.75) is 13.8 Å². The zero-order valence-electron chi connectivity index (χ0n) is 13.8. The number of hydrogen-bond acceptors (Lipinski definition) is 5. The standard InChI is InChI=1S/C19H16N2O4/c1-12-17(18(21-25-12)14-6-4-3-5-7-14)19(23)24-16-10-8-15(9-11-16)20-13(2)22/h3-11H,1-2H3,(H,20,22). The first-order chi connectivity index (χ1) is 12.0. The van der Waals surface area contributed by atoms with Crippen molar-refractivity contribution < 1.29 is 18.8 Å². The lowest BCUT2D eigenvalue weighted by Gasteiger charge is -2.06. The number of amides is 1. The molecule has 0 aliphatic carbocycles. The minimum absolute atomic E-state index is 0.169. The Hall–Kier alpha value is -3.41. The van der Waals surface area contributed by atoms with Crippen LogP contribution in [-0.4, -0.2) is 17.0 Å². The second kappa shape index (κ2) is 7.00. The summed E-state index contributed by atoms with van der Waals surface area (Å²) < 4.78 is 10.6. The van der Waals surface area contributed by atoms with Crippen molar-refractivity contribution in [3.63, 3.8) is 0 Å². The number of anilines is 1. The SMILES string of the molecule is CC(=O)Nc1ccc(OC(=O)c2c(-c3ccccc3)noc2C)cc1. The Morgan fingerprint density at radius 3 is 2.36 bits per heavy atom. The van der Waals surface area contributed by atoms with E-state index < -0.39 is 5.97 Å². The molecule has 126 valence electrons. The Morgan fingerprint density at radius 2 is 1.72 bits per heavy atom. The molecule has 6 heteroatoms. The molecule has 2 aromatic carbocycles. The molecule has 25 heavy (non-hydrogen) atoms. The molecule has 3 aromatic rings. The molecular weight excluding hydrogens is 320 g/mol. The number of benzene rings is 2. The van der Waals surface area contributed by atoms with E-state index in [1.54, 1.807) is 31.2 Å². The van der Waals surface area contributed by atoms with Crippen LogP contribution in [0, 0.1) is 6.92 Å². The molecule has 0 saturated carbocycles. The molecule has 1 N–H and O–H groups in total. The van der Waals surface area contributed by atoms with Crippen LogP contribution in [0.5, 0.6) is 5.75 Å². The van der Waals surface area contributed by atoms with Gasteiger partial charge < -0.3 is 14.6 Å². The number of aromatic nitrogens is 1. The quantitative estimate of drug-likeness (QED) is 0.578. The van der Waals surface area contributed by atoms with Crippen LogP contribution in [0.2, 0.25) is 0 Å². The van der Waals surface area contributed by atoms with Gasteiger partial charge in [-0.2, -0.15) is 0 Å². The van der Waals surface area contributed by atoms with Crippen molar-refractivity contribution in [3.05, 3.63) is 65.9 Å². The van der Waals surface area contributed by atoms with E-state index in [1.165, 1.54) is 6.92 Å². The van der Waals surface area contributed by atoms with Crippen molar-refractivity contribution in [1.82, 2.24) is 5.16 Å². The van der Waals surface area contributed by atoms with Gasteiger partial charge in [0.25, 0.3) is 0 Å². The number of nitrogens with zero attached hydrogens (tertiary/aromatic N) is 1. The first kappa shape index (κ1) is 16.4. The zero-order chi connectivity index (χ0) is 17.8. The topological polar surface area (TPSA) is 81.4 Å². The molecule has 0 radical (unpaired) electrons. The Kier molecular flexibility index (Phi) is 4.61. The van der Waals surface area contributed by atoms with Crippen LogP contribution >= 0.6 is 0 Å². The van der Waals surface area contributed by atoms with Crippen LogP contribution in [0.15, 0.2) is 59.1 Å². The largest absolute Gasteiger partial charge is 0.423 e. The van der Waals surface area contributed by atoms with Gasteiger partial charge in [0.15, 0.2) is 0 Å². The molecule has 0 fully saturated rings. The lowest BCUT2D eigenvalue weighted by molar-refractivity contribution is -0.114. The van der Waals surface area contributed by atoms with Crippen LogP contribution in [0.4, 0.5) is 5.69 Å². The lowest BCUT2D eigenvalue weighted by Crippen LogP contribution is -2.10. The molecule has 0 aliphatic heterocycles. The third-order valence-corrected chi connectivity index (χ3v) is 3.50. The van der Waals surface area contributed by atoms with Crippen molar-refractivity contribution >= 4 is 17.6 Å². The van der Waals surface area contributed by atoms with E-state index in [0.717, 1.165) is 5.56 Å². The van der Waals surface area contributed by atoms with Gasteiger partial charge in [-0.05, 0) is 31.2 Å². The molecule has 1 heterocycles. The summed E-state index contributed by atoms with van der Waals surface area (Å²) in [4.78, 5) is 23.6. The molecule has 6 nitrogen and oxygen atoms in total. The van der Waals surface area contributed by atoms with Gasteiger partial charge in [0, 0.05) is 18.2 Å². The summed E-state index contributed by atoms with van der Waals surface area (Å²) >= 11 is 0. The minimum atomic E-state index is -0.551. The smallest absolute Gasteiger partial charge is 0.349 e. The van der Waals surface area contributed by atoms with Crippen LogP contribution in [0.25, 0.3) is 11.3 Å². The Labute approximate surface area is 144 Å². The number of carbonyl (C=O) groups excluding carboxylic acids is 2. The fraction of sp³-hybridized carbons (Fsp3) is 0.105. The van der Waals surface area contributed by atoms with Crippen molar-refractivity contribution in [3.8, 4) is 17.0 Å². The average molecular weight is 336 g/mol. The van der Waals surface area contributed by atoms with Gasteiger partial charge in [-0.3, -0.25) is 4.79 Å². The number of carbonyl (C=O) groups is 2. The number of esters is 1. The van der Waals surface area contributed by atoms with Crippen LogP contribution < -0.4 is 10.1 Å². The Bertz CT molecular complexity index is 899. The molecular formula is C19H16N2O4. The van der Waals surface area contributed by atoms with Gasteiger partial charge in [-0.25, -0.2) is 4.79 Å². The second-order valence-electron chi connectivity index (χ2n) is 5.42. The van der Waals surface area contributed by atoms with Gasteiger partial charge in [0.2, 0.25) is 5.91 Å². The first-order valence-electron chi connectivity index (χ1n) is 7.66. The molecule has 0 atom stereocenters. The number of rotatable bonds is 4. The number of hydrogen-bond donors (Lipinski definition) is 1. The van der Waals surface area contributed by atoms with E-state index in [4.69, 9.17) is 9.26 Å². The Morgan fingerprint density at radius 1 is 1.04 bits per heavy atom. The van der Waals surface area contributed by atoms with Crippen molar-refractivity contribution in [2.75, 3.05) is 5.32 Å². The molecule has 1 aromatic heterocycles. The maximum absolute atomic E-state index is 12.6. The van der Waals surface area contributed by atoms with Crippen molar-refractivity contribution in [2.24, 2.45) is 0 Å².